The van der Waals surface area contributed by atoms with E-state index >= 15 is 0 Å². The molecule has 0 saturated carbocycles. The summed E-state index contributed by atoms with van der Waals surface area (Å²) in [5.74, 6) is -1.64. The van der Waals surface area contributed by atoms with Gasteiger partial charge in [-0.2, -0.15) is 0 Å². The predicted molar refractivity (Wildman–Crippen MR) is 106 cm³/mol. The Kier molecular flexibility index (Phi) is 7.65. The number of benzene rings is 2. The van der Waals surface area contributed by atoms with Crippen LogP contribution in [0.25, 0.3) is 0 Å². The fourth-order valence-electron chi connectivity index (χ4n) is 2.47. The van der Waals surface area contributed by atoms with Crippen LogP contribution in [-0.4, -0.2) is 37.3 Å². The van der Waals surface area contributed by atoms with Crippen molar-refractivity contribution in [2.45, 2.75) is 26.7 Å². The Hall–Kier alpha value is -3.48. The van der Waals surface area contributed by atoms with Crippen molar-refractivity contribution in [3.63, 3.8) is 0 Å². The van der Waals surface area contributed by atoms with Crippen LogP contribution in [0.15, 0.2) is 42.5 Å². The molecule has 0 bridgehead atoms. The third-order valence-corrected chi connectivity index (χ3v) is 4.35. The first-order valence-corrected chi connectivity index (χ1v) is 9.04. The van der Waals surface area contributed by atoms with Crippen LogP contribution in [0, 0.1) is 13.8 Å². The summed E-state index contributed by atoms with van der Waals surface area (Å²) in [6, 6.07) is 11.5. The summed E-state index contributed by atoms with van der Waals surface area (Å²) in [7, 11) is 1.50. The molecule has 2 amide bonds. The van der Waals surface area contributed by atoms with Crippen molar-refractivity contribution in [3.05, 3.63) is 64.7 Å². The predicted octanol–water partition coefficient (Wildman–Crippen LogP) is 2.77. The highest BCUT2D eigenvalue weighted by Crippen LogP contribution is 2.13. The number of nitrogens with one attached hydrogen (secondary N) is 1. The Morgan fingerprint density at radius 3 is 2.14 bits per heavy atom. The van der Waals surface area contributed by atoms with Crippen LogP contribution >= 0.6 is 0 Å². The maximum Gasteiger partial charge on any atom is 0.306 e. The SMILES string of the molecule is COc1ccc(C(=O)NC(=O)COC(=O)CCC(=O)c2ccc(C)c(C)c2)cc1. The average molecular weight is 397 g/mol. The van der Waals surface area contributed by atoms with Gasteiger partial charge in [-0.15, -0.1) is 0 Å². The number of imide groups is 1. The van der Waals surface area contributed by atoms with Gasteiger partial charge in [0.2, 0.25) is 0 Å². The maximum atomic E-state index is 12.2. The minimum atomic E-state index is -0.750. The van der Waals surface area contributed by atoms with Gasteiger partial charge in [0, 0.05) is 17.5 Å². The van der Waals surface area contributed by atoms with Crippen molar-refractivity contribution in [1.29, 1.82) is 0 Å². The van der Waals surface area contributed by atoms with E-state index in [1.807, 2.05) is 19.9 Å². The molecule has 0 radical (unpaired) electrons. The number of methoxy groups -OCH3 is 1. The zero-order valence-corrected chi connectivity index (χ0v) is 16.6. The lowest BCUT2D eigenvalue weighted by molar-refractivity contribution is -0.148. The van der Waals surface area contributed by atoms with Gasteiger partial charge < -0.3 is 9.47 Å². The molecule has 7 heteroatoms. The number of carbonyl (C=O) groups is 4. The second-order valence-electron chi connectivity index (χ2n) is 6.49. The topological polar surface area (TPSA) is 98.8 Å². The van der Waals surface area contributed by atoms with Gasteiger partial charge in [0.05, 0.1) is 13.5 Å². The monoisotopic (exact) mass is 397 g/mol. The van der Waals surface area contributed by atoms with Crippen LogP contribution in [0.3, 0.4) is 0 Å². The zero-order valence-electron chi connectivity index (χ0n) is 16.6. The van der Waals surface area contributed by atoms with Crippen LogP contribution in [-0.2, 0) is 14.3 Å². The minimum absolute atomic E-state index is 0.0201. The van der Waals surface area contributed by atoms with E-state index in [1.54, 1.807) is 24.3 Å². The first-order valence-electron chi connectivity index (χ1n) is 9.04. The molecule has 2 aromatic rings. The molecule has 2 aromatic carbocycles. The van der Waals surface area contributed by atoms with Crippen LogP contribution in [0.1, 0.15) is 44.7 Å². The van der Waals surface area contributed by atoms with Gasteiger partial charge in [0.15, 0.2) is 12.4 Å². The molecular formula is C22H23NO6. The summed E-state index contributed by atoms with van der Waals surface area (Å²) in [6.07, 6.45) is -0.167. The number of hydrogen-bond donors (Lipinski definition) is 1. The summed E-state index contributed by atoms with van der Waals surface area (Å²) in [5, 5.41) is 2.13. The number of hydrogen-bond acceptors (Lipinski definition) is 6. The van der Waals surface area contributed by atoms with Gasteiger partial charge >= 0.3 is 5.97 Å². The normalized spacial score (nSPS) is 10.2. The molecule has 0 fully saturated rings. The van der Waals surface area contributed by atoms with Crippen molar-refractivity contribution < 1.29 is 28.7 Å². The van der Waals surface area contributed by atoms with E-state index in [4.69, 9.17) is 9.47 Å². The van der Waals surface area contributed by atoms with E-state index in [-0.39, 0.29) is 24.2 Å². The standard InChI is InChI=1S/C22H23NO6/c1-14-4-5-17(12-15(14)2)19(24)10-11-21(26)29-13-20(25)23-22(27)16-6-8-18(28-3)9-7-16/h4-9,12H,10-11,13H2,1-3H3,(H,23,25,27). The molecule has 152 valence electrons. The Bertz CT molecular complexity index is 917. The van der Waals surface area contributed by atoms with E-state index in [9.17, 15) is 19.2 Å². The molecule has 0 unspecified atom stereocenters. The molecule has 7 nitrogen and oxygen atoms in total. The van der Waals surface area contributed by atoms with Crippen LogP contribution < -0.4 is 10.1 Å². The molecule has 0 atom stereocenters. The van der Waals surface area contributed by atoms with Crippen molar-refractivity contribution in [3.8, 4) is 5.75 Å². The van der Waals surface area contributed by atoms with Gasteiger partial charge in [-0.3, -0.25) is 24.5 Å². The third kappa shape index (κ3) is 6.57. The number of amides is 2. The summed E-state index contributed by atoms with van der Waals surface area (Å²) < 4.78 is 9.82. The first-order chi connectivity index (χ1) is 13.8. The Labute approximate surface area is 169 Å². The summed E-state index contributed by atoms with van der Waals surface area (Å²) in [5.41, 5.74) is 2.88. The van der Waals surface area contributed by atoms with Gasteiger partial charge in [0.25, 0.3) is 11.8 Å². The molecule has 29 heavy (non-hydrogen) atoms. The molecule has 2 rings (SSSR count). The smallest absolute Gasteiger partial charge is 0.306 e. The van der Waals surface area contributed by atoms with Crippen molar-refractivity contribution in [2.24, 2.45) is 0 Å². The zero-order chi connectivity index (χ0) is 21.4. The lowest BCUT2D eigenvalue weighted by Gasteiger charge is -2.07. The Morgan fingerprint density at radius 2 is 1.52 bits per heavy atom. The molecule has 0 aliphatic rings. The molecule has 0 aromatic heterocycles. The molecule has 1 N–H and O–H groups in total. The average Bonchev–Trinajstić information content (AvgIpc) is 2.72. The number of ketones is 1. The van der Waals surface area contributed by atoms with Gasteiger partial charge in [-0.1, -0.05) is 12.1 Å². The number of ether oxygens (including phenoxy) is 2. The first kappa shape index (κ1) is 21.8. The van der Waals surface area contributed by atoms with Crippen LogP contribution in [0.5, 0.6) is 5.75 Å². The van der Waals surface area contributed by atoms with Crippen molar-refractivity contribution >= 4 is 23.6 Å². The highest BCUT2D eigenvalue weighted by atomic mass is 16.5. The van der Waals surface area contributed by atoms with Crippen LogP contribution in [0.2, 0.25) is 0 Å². The van der Waals surface area contributed by atoms with Gasteiger partial charge in [-0.25, -0.2) is 0 Å². The van der Waals surface area contributed by atoms with E-state index in [0.29, 0.717) is 11.3 Å². The van der Waals surface area contributed by atoms with E-state index in [1.165, 1.54) is 19.2 Å². The second-order valence-corrected chi connectivity index (χ2v) is 6.49. The number of Topliss-reactive ketones (excluding diaryl/α,β-unsaturated/α-hetero) is 1. The maximum absolute atomic E-state index is 12.2. The van der Waals surface area contributed by atoms with E-state index < -0.39 is 24.4 Å². The van der Waals surface area contributed by atoms with E-state index in [0.717, 1.165) is 11.1 Å². The third-order valence-electron chi connectivity index (χ3n) is 4.35. The molecule has 0 spiro atoms. The van der Waals surface area contributed by atoms with Crippen LogP contribution in [0.4, 0.5) is 0 Å². The number of carbonyl (C=O) groups excluding carboxylic acids is 4. The number of aryl methyl sites for hydroxylation is 2. The summed E-state index contributed by atoms with van der Waals surface area (Å²) >= 11 is 0. The Morgan fingerprint density at radius 1 is 0.862 bits per heavy atom. The quantitative estimate of drug-likeness (QED) is 0.543. The molecular weight excluding hydrogens is 374 g/mol. The fraction of sp³-hybridized carbons (Fsp3) is 0.273. The highest BCUT2D eigenvalue weighted by Gasteiger charge is 2.14. The van der Waals surface area contributed by atoms with Gasteiger partial charge in [-0.05, 0) is 55.3 Å². The van der Waals surface area contributed by atoms with Gasteiger partial charge in [0.1, 0.15) is 5.75 Å². The Balaban J connectivity index is 1.74. The second kappa shape index (κ2) is 10.2. The molecule has 0 aliphatic heterocycles. The lowest BCUT2D eigenvalue weighted by Crippen LogP contribution is -2.34. The fourth-order valence-corrected chi connectivity index (χ4v) is 2.47. The molecule has 0 heterocycles. The van der Waals surface area contributed by atoms with Crippen molar-refractivity contribution in [1.82, 2.24) is 5.32 Å². The summed E-state index contributed by atoms with van der Waals surface area (Å²) in [4.78, 5) is 47.7. The number of esters is 1. The van der Waals surface area contributed by atoms with Crippen molar-refractivity contribution in [2.75, 3.05) is 13.7 Å². The highest BCUT2D eigenvalue weighted by molar-refractivity contribution is 6.05. The number of rotatable bonds is 8. The minimum Gasteiger partial charge on any atom is -0.497 e. The molecule has 0 saturated heterocycles. The largest absolute Gasteiger partial charge is 0.497 e. The molecule has 0 aliphatic carbocycles. The lowest BCUT2D eigenvalue weighted by atomic mass is 10.0. The van der Waals surface area contributed by atoms with E-state index in [2.05, 4.69) is 5.32 Å². The summed E-state index contributed by atoms with van der Waals surface area (Å²) in [6.45, 7) is 3.26.